The van der Waals surface area contributed by atoms with Crippen LogP contribution in [0.15, 0.2) is 72.9 Å². The maximum absolute atomic E-state index is 13.0. The highest BCUT2D eigenvalue weighted by Crippen LogP contribution is 2.49. The van der Waals surface area contributed by atoms with Crippen LogP contribution >= 0.6 is 15.6 Å². The molecule has 0 aliphatic heterocycles. The zero-order valence-corrected chi connectivity index (χ0v) is 44.2. The summed E-state index contributed by atoms with van der Waals surface area (Å²) in [6, 6.07) is 0. The van der Waals surface area contributed by atoms with Gasteiger partial charge in [-0.3, -0.25) is 23.2 Å². The number of phosphoric ester groups is 2. The number of unbranched alkanes of at least 4 members (excludes halogenated alkanes) is 14. The third kappa shape index (κ3) is 34.0. The van der Waals surface area contributed by atoms with E-state index < -0.39 is 102 Å². The van der Waals surface area contributed by atoms with Gasteiger partial charge in [0, 0.05) is 12.8 Å². The zero-order valence-electron chi connectivity index (χ0n) is 42.4. The maximum Gasteiger partial charge on any atom is 0.472 e. The number of carbonyl (C=O) groups excluding carboxylic acids is 2. The van der Waals surface area contributed by atoms with Crippen molar-refractivity contribution in [2.24, 2.45) is 0 Å². The average molecular weight is 1070 g/mol. The van der Waals surface area contributed by atoms with Crippen molar-refractivity contribution in [1.29, 1.82) is 0 Å². The Kier molecular flexibility index (Phi) is 38.0. The monoisotopic (exact) mass is 1070 g/mol. The van der Waals surface area contributed by atoms with Crippen molar-refractivity contribution in [2.45, 2.75) is 223 Å². The molecule has 1 aliphatic carbocycles. The summed E-state index contributed by atoms with van der Waals surface area (Å²) in [5.74, 6) is -1.54. The number of hydrogen-bond acceptors (Lipinski definition) is 16. The van der Waals surface area contributed by atoms with Gasteiger partial charge in [0.25, 0.3) is 0 Å². The maximum atomic E-state index is 13.0. The van der Waals surface area contributed by atoms with Crippen molar-refractivity contribution < 1.29 is 92.2 Å². The molecule has 0 heterocycles. The largest absolute Gasteiger partial charge is 0.472 e. The van der Waals surface area contributed by atoms with Gasteiger partial charge in [-0.25, -0.2) is 9.13 Å². The van der Waals surface area contributed by atoms with Gasteiger partial charge in [0.1, 0.15) is 43.2 Å². The second-order valence-electron chi connectivity index (χ2n) is 18.1. The lowest BCUT2D eigenvalue weighted by molar-refractivity contribution is -0.216. The van der Waals surface area contributed by atoms with Gasteiger partial charge in [-0.05, 0) is 57.8 Å². The third-order valence-corrected chi connectivity index (χ3v) is 13.1. The molecule has 1 fully saturated rings. The lowest BCUT2D eigenvalue weighted by Crippen LogP contribution is -2.64. The molecule has 0 aromatic heterocycles. The first-order chi connectivity index (χ1) is 34.3. The average Bonchev–Trinajstić information content (AvgIpc) is 3.33. The summed E-state index contributed by atoms with van der Waals surface area (Å²) in [4.78, 5) is 54.5. The molecule has 0 bridgehead atoms. The topological polar surface area (TPSA) is 317 Å². The van der Waals surface area contributed by atoms with Crippen LogP contribution in [0.2, 0.25) is 0 Å². The molecule has 0 saturated heterocycles. The molecule has 1 saturated carbocycles. The molecule has 0 amide bonds. The summed E-state index contributed by atoms with van der Waals surface area (Å²) >= 11 is 0. The number of rotatable bonds is 42. The number of aliphatic hydroxyl groups is 7. The molecular weight excluding hydrogens is 978 g/mol. The van der Waals surface area contributed by atoms with Crippen molar-refractivity contribution in [1.82, 2.24) is 0 Å². The first-order valence-electron chi connectivity index (χ1n) is 25.8. The minimum atomic E-state index is -5.41. The van der Waals surface area contributed by atoms with E-state index in [0.29, 0.717) is 12.8 Å². The summed E-state index contributed by atoms with van der Waals surface area (Å²) < 4.78 is 49.2. The van der Waals surface area contributed by atoms with Crippen molar-refractivity contribution in [3.8, 4) is 0 Å². The molecule has 416 valence electrons. The Balaban J connectivity index is 2.68. The van der Waals surface area contributed by atoms with Gasteiger partial charge >= 0.3 is 27.6 Å². The standard InChI is InChI=1S/C51H88O19P2/c1-3-5-7-8-9-10-11-12-13-14-15-16-17-18-19-20-21-26-30-36-45(56)68-41(39-67-72(64,65)70-51-48(59)46(57)47(58)50(49(51)60)69-71(61,62)63)38-66-44(55)37-31-35-43(54)42(53)34-29-25-23-22-24-28-33-40(52)32-27-6-4-2/h9-10,12-13,22-25,28-29,33-34,40-43,46-54,57-60H,3-8,11,14-21,26-27,30-32,35-39H2,1-2H3,(H,64,65)(H2,61,62,63)/b10-9-,13-12-,24-22-,25-23+,33-28+,34-29+/t40-,41-,42-,43-,46?,47?,48?,49?,50-,51+/m1/s1. The second-order valence-corrected chi connectivity index (χ2v) is 20.7. The van der Waals surface area contributed by atoms with Crippen LogP contribution in [0.3, 0.4) is 0 Å². The molecule has 11 atom stereocenters. The number of allylic oxidation sites excluding steroid dienone is 10. The van der Waals surface area contributed by atoms with Crippen molar-refractivity contribution >= 4 is 27.6 Å². The predicted molar refractivity (Wildman–Crippen MR) is 273 cm³/mol. The van der Waals surface area contributed by atoms with Crippen LogP contribution < -0.4 is 0 Å². The zero-order chi connectivity index (χ0) is 53.6. The van der Waals surface area contributed by atoms with E-state index >= 15 is 0 Å². The highest BCUT2D eigenvalue weighted by atomic mass is 31.2. The molecule has 1 rings (SSSR count). The van der Waals surface area contributed by atoms with E-state index in [1.54, 1.807) is 42.5 Å². The quantitative estimate of drug-likeness (QED) is 0.00941. The summed E-state index contributed by atoms with van der Waals surface area (Å²) in [5.41, 5.74) is 0. The molecular formula is C51H88O19P2. The van der Waals surface area contributed by atoms with E-state index in [0.717, 1.165) is 83.5 Å². The highest BCUT2D eigenvalue weighted by molar-refractivity contribution is 7.47. The minimum Gasteiger partial charge on any atom is -0.462 e. The molecule has 10 N–H and O–H groups in total. The van der Waals surface area contributed by atoms with Gasteiger partial charge in [0.15, 0.2) is 6.10 Å². The van der Waals surface area contributed by atoms with Gasteiger partial charge in [-0.15, -0.1) is 0 Å². The van der Waals surface area contributed by atoms with Crippen LogP contribution in [0, 0.1) is 0 Å². The molecule has 21 heteroatoms. The second kappa shape index (κ2) is 40.6. The SMILES string of the molecule is CCCCC/C=C\C/C=C\CCCCCCCCCCCC(=O)O[C@H](COC(=O)CCC[C@@H](O)[C@H](O)/C=C/C=C/C=C\C=C\[C@H](O)CCCCC)COP(=O)(O)O[C@H]1C(O)C(O)C(O)[C@@H](OP(=O)(O)O)C1O. The Bertz CT molecular complexity index is 1710. The lowest BCUT2D eigenvalue weighted by Gasteiger charge is -2.43. The molecule has 0 radical (unpaired) electrons. The fourth-order valence-electron chi connectivity index (χ4n) is 7.44. The molecule has 0 aromatic rings. The van der Waals surface area contributed by atoms with Gasteiger partial charge in [-0.2, -0.15) is 0 Å². The first-order valence-corrected chi connectivity index (χ1v) is 28.8. The van der Waals surface area contributed by atoms with E-state index in [-0.39, 0.29) is 25.7 Å². The van der Waals surface area contributed by atoms with Crippen LogP contribution in [0.25, 0.3) is 0 Å². The van der Waals surface area contributed by atoms with Crippen LogP contribution in [-0.4, -0.2) is 137 Å². The van der Waals surface area contributed by atoms with Crippen LogP contribution in [0.1, 0.15) is 162 Å². The number of carbonyl (C=O) groups is 2. The van der Waals surface area contributed by atoms with E-state index in [9.17, 15) is 69.1 Å². The molecule has 72 heavy (non-hydrogen) atoms. The van der Waals surface area contributed by atoms with E-state index in [1.165, 1.54) is 31.8 Å². The highest BCUT2D eigenvalue weighted by Gasteiger charge is 2.54. The fourth-order valence-corrected chi connectivity index (χ4v) is 8.98. The Labute approximate surface area is 427 Å². The molecule has 0 aromatic carbocycles. The third-order valence-electron chi connectivity index (χ3n) is 11.6. The van der Waals surface area contributed by atoms with Crippen LogP contribution in [-0.2, 0) is 41.8 Å². The summed E-state index contributed by atoms with van der Waals surface area (Å²) in [5, 5.41) is 72.0. The molecule has 0 spiro atoms. The number of aliphatic hydroxyl groups excluding tert-OH is 7. The Morgan fingerprint density at radius 3 is 1.65 bits per heavy atom. The Morgan fingerprint density at radius 1 is 0.542 bits per heavy atom. The Morgan fingerprint density at radius 2 is 1.06 bits per heavy atom. The number of ether oxygens (including phenoxy) is 2. The lowest BCUT2D eigenvalue weighted by atomic mass is 9.85. The smallest absolute Gasteiger partial charge is 0.462 e. The number of phosphoric acid groups is 2. The van der Waals surface area contributed by atoms with E-state index in [2.05, 4.69) is 42.7 Å². The fraction of sp³-hybridized carbons (Fsp3) is 0.725. The van der Waals surface area contributed by atoms with Gasteiger partial charge in [0.05, 0.1) is 24.9 Å². The molecule has 5 unspecified atom stereocenters. The Hall–Kier alpha value is -2.68. The van der Waals surface area contributed by atoms with Crippen LogP contribution in [0.5, 0.6) is 0 Å². The van der Waals surface area contributed by atoms with E-state index in [4.69, 9.17) is 18.5 Å². The van der Waals surface area contributed by atoms with Crippen LogP contribution in [0.4, 0.5) is 0 Å². The minimum absolute atomic E-state index is 0.00237. The van der Waals surface area contributed by atoms with Gasteiger partial charge in [0.2, 0.25) is 0 Å². The first kappa shape index (κ1) is 67.3. The molecule has 19 nitrogen and oxygen atoms in total. The summed E-state index contributed by atoms with van der Waals surface area (Å²) in [6.07, 6.45) is 23.3. The van der Waals surface area contributed by atoms with Gasteiger partial charge in [-0.1, -0.05) is 164 Å². The normalized spacial score (nSPS) is 22.7. The van der Waals surface area contributed by atoms with Crippen molar-refractivity contribution in [3.05, 3.63) is 72.9 Å². The number of hydrogen-bond donors (Lipinski definition) is 10. The van der Waals surface area contributed by atoms with Gasteiger partial charge < -0.3 is 59.9 Å². The summed E-state index contributed by atoms with van der Waals surface area (Å²) in [7, 11) is -10.8. The summed E-state index contributed by atoms with van der Waals surface area (Å²) in [6.45, 7) is 2.70. The number of esters is 2. The van der Waals surface area contributed by atoms with E-state index in [1.807, 2.05) is 0 Å². The predicted octanol–water partition coefficient (Wildman–Crippen LogP) is 7.31. The molecule has 1 aliphatic rings. The van der Waals surface area contributed by atoms with Crippen molar-refractivity contribution in [3.63, 3.8) is 0 Å². The van der Waals surface area contributed by atoms with Crippen molar-refractivity contribution in [2.75, 3.05) is 13.2 Å².